The van der Waals surface area contributed by atoms with Crippen molar-refractivity contribution in [2.75, 3.05) is 0 Å². The number of carboxylic acids is 1. The molecule has 0 aliphatic carbocycles. The van der Waals surface area contributed by atoms with Crippen LogP contribution in [0.5, 0.6) is 11.5 Å². The highest BCUT2D eigenvalue weighted by Crippen LogP contribution is 2.23. The Morgan fingerprint density at radius 2 is 1.47 bits per heavy atom. The lowest BCUT2D eigenvalue weighted by atomic mass is 9.92. The highest BCUT2D eigenvalue weighted by Gasteiger charge is 2.18. The minimum atomic E-state index is -0.743. The first-order valence-corrected chi connectivity index (χ1v) is 11.6. The third-order valence-electron chi connectivity index (χ3n) is 5.83. The van der Waals surface area contributed by atoms with Gasteiger partial charge in [0.1, 0.15) is 24.7 Å². The lowest BCUT2D eigenvalue weighted by Crippen LogP contribution is -2.17. The number of carbonyl (C=O) groups is 1. The highest BCUT2D eigenvalue weighted by atomic mass is 16.5. The third-order valence-corrected chi connectivity index (χ3v) is 5.83. The first kappa shape index (κ1) is 23.3. The van der Waals surface area contributed by atoms with Crippen LogP contribution < -0.4 is 9.47 Å². The number of para-hydroxylation sites is 1. The fourth-order valence-electron chi connectivity index (χ4n) is 3.96. The minimum Gasteiger partial charge on any atom is -0.489 e. The number of hydrogen-bond acceptors (Lipinski definition) is 4. The number of fused-ring (bicyclic) bond motifs is 1. The molecule has 0 fully saturated rings. The van der Waals surface area contributed by atoms with Crippen LogP contribution in [-0.4, -0.2) is 16.1 Å². The third kappa shape index (κ3) is 6.13. The minimum absolute atomic E-state index is 0.375. The summed E-state index contributed by atoms with van der Waals surface area (Å²) in [6, 6.07) is 27.4. The Labute approximate surface area is 200 Å². The van der Waals surface area contributed by atoms with E-state index in [4.69, 9.17) is 9.47 Å². The molecule has 0 radical (unpaired) electrons. The first-order valence-electron chi connectivity index (χ1n) is 11.6. The van der Waals surface area contributed by atoms with Gasteiger partial charge in [-0.15, -0.1) is 0 Å². The van der Waals surface area contributed by atoms with E-state index in [0.29, 0.717) is 26.1 Å². The van der Waals surface area contributed by atoms with Gasteiger partial charge in [-0.3, -0.25) is 4.79 Å². The SMILES string of the molecule is CCCC(Cc1ccccc1COc1ccc(OCc2ccc3ccccc3n2)cc1)C(=O)O. The smallest absolute Gasteiger partial charge is 0.306 e. The van der Waals surface area contributed by atoms with E-state index in [-0.39, 0.29) is 5.92 Å². The standard InChI is InChI=1S/C29H29NO4/c1-2-7-23(29(31)32)18-22-9-3-4-10-24(22)19-33-26-14-16-27(17-15-26)34-20-25-13-12-21-8-5-6-11-28(21)30-25/h3-6,8-17,23H,2,7,18-20H2,1H3,(H,31,32). The van der Waals surface area contributed by atoms with Crippen LogP contribution >= 0.6 is 0 Å². The van der Waals surface area contributed by atoms with Crippen molar-refractivity contribution in [2.45, 2.75) is 39.4 Å². The van der Waals surface area contributed by atoms with E-state index >= 15 is 0 Å². The summed E-state index contributed by atoms with van der Waals surface area (Å²) in [7, 11) is 0. The second-order valence-corrected chi connectivity index (χ2v) is 8.34. The summed E-state index contributed by atoms with van der Waals surface area (Å²) in [6.45, 7) is 2.79. The molecule has 0 aliphatic rings. The lowest BCUT2D eigenvalue weighted by molar-refractivity contribution is -0.141. The second kappa shape index (κ2) is 11.3. The summed E-state index contributed by atoms with van der Waals surface area (Å²) in [5, 5.41) is 10.6. The Hall–Kier alpha value is -3.86. The fraction of sp³-hybridized carbons (Fsp3) is 0.241. The highest BCUT2D eigenvalue weighted by molar-refractivity contribution is 5.78. The molecule has 1 N–H and O–H groups in total. The number of ether oxygens (including phenoxy) is 2. The molecule has 174 valence electrons. The van der Waals surface area contributed by atoms with Gasteiger partial charge in [0.15, 0.2) is 0 Å². The number of nitrogens with zero attached hydrogens (tertiary/aromatic N) is 1. The van der Waals surface area contributed by atoms with Crippen LogP contribution in [0.15, 0.2) is 84.9 Å². The Morgan fingerprint density at radius 1 is 0.824 bits per heavy atom. The molecule has 4 rings (SSSR count). The fourth-order valence-corrected chi connectivity index (χ4v) is 3.96. The zero-order valence-corrected chi connectivity index (χ0v) is 19.3. The molecule has 1 heterocycles. The van der Waals surface area contributed by atoms with Gasteiger partial charge in [0.05, 0.1) is 17.1 Å². The van der Waals surface area contributed by atoms with Gasteiger partial charge in [-0.25, -0.2) is 4.98 Å². The Balaban J connectivity index is 1.34. The number of aliphatic carboxylic acids is 1. The van der Waals surface area contributed by atoms with E-state index in [1.54, 1.807) is 0 Å². The molecule has 5 heteroatoms. The summed E-state index contributed by atoms with van der Waals surface area (Å²) in [5.41, 5.74) is 3.86. The molecule has 34 heavy (non-hydrogen) atoms. The van der Waals surface area contributed by atoms with Crippen molar-refractivity contribution in [3.8, 4) is 11.5 Å². The molecule has 0 saturated carbocycles. The van der Waals surface area contributed by atoms with Crippen LogP contribution in [0.4, 0.5) is 0 Å². The molecular weight excluding hydrogens is 426 g/mol. The van der Waals surface area contributed by atoms with Gasteiger partial charge < -0.3 is 14.6 Å². The second-order valence-electron chi connectivity index (χ2n) is 8.34. The maximum Gasteiger partial charge on any atom is 0.306 e. The molecule has 0 aliphatic heterocycles. The predicted octanol–water partition coefficient (Wildman–Crippen LogP) is 6.44. The lowest BCUT2D eigenvalue weighted by Gasteiger charge is -2.15. The van der Waals surface area contributed by atoms with Crippen molar-refractivity contribution in [2.24, 2.45) is 5.92 Å². The van der Waals surface area contributed by atoms with Crippen LogP contribution in [0.2, 0.25) is 0 Å². The molecule has 4 aromatic rings. The molecule has 0 spiro atoms. The first-order chi connectivity index (χ1) is 16.6. The maximum absolute atomic E-state index is 11.6. The van der Waals surface area contributed by atoms with E-state index < -0.39 is 5.97 Å². The Morgan fingerprint density at radius 3 is 2.18 bits per heavy atom. The van der Waals surface area contributed by atoms with Crippen LogP contribution in [0.1, 0.15) is 36.6 Å². The van der Waals surface area contributed by atoms with Crippen molar-refractivity contribution in [1.82, 2.24) is 4.98 Å². The summed E-state index contributed by atoms with van der Waals surface area (Å²) in [5.74, 6) is 0.354. The quantitative estimate of drug-likeness (QED) is 0.282. The molecule has 0 bridgehead atoms. The molecule has 5 nitrogen and oxygen atoms in total. The van der Waals surface area contributed by atoms with Gasteiger partial charge in [0.25, 0.3) is 0 Å². The van der Waals surface area contributed by atoms with Crippen molar-refractivity contribution in [1.29, 1.82) is 0 Å². The predicted molar refractivity (Wildman–Crippen MR) is 133 cm³/mol. The van der Waals surface area contributed by atoms with E-state index in [9.17, 15) is 9.90 Å². The number of aromatic nitrogens is 1. The van der Waals surface area contributed by atoms with Crippen molar-refractivity contribution < 1.29 is 19.4 Å². The van der Waals surface area contributed by atoms with E-state index in [1.165, 1.54) is 0 Å². The molecule has 0 amide bonds. The summed E-state index contributed by atoms with van der Waals surface area (Å²) in [6.07, 6.45) is 2.03. The molecule has 1 unspecified atom stereocenters. The number of rotatable bonds is 11. The van der Waals surface area contributed by atoms with Gasteiger partial charge in [0, 0.05) is 5.39 Å². The average molecular weight is 456 g/mol. The monoisotopic (exact) mass is 455 g/mol. The topological polar surface area (TPSA) is 68.7 Å². The van der Waals surface area contributed by atoms with Gasteiger partial charge >= 0.3 is 5.97 Å². The summed E-state index contributed by atoms with van der Waals surface area (Å²) < 4.78 is 11.9. The van der Waals surface area contributed by atoms with Crippen molar-refractivity contribution in [3.05, 3.63) is 102 Å². The zero-order chi connectivity index (χ0) is 23.8. The summed E-state index contributed by atoms with van der Waals surface area (Å²) >= 11 is 0. The zero-order valence-electron chi connectivity index (χ0n) is 19.3. The van der Waals surface area contributed by atoms with E-state index in [2.05, 4.69) is 11.1 Å². The number of pyridine rings is 1. The maximum atomic E-state index is 11.6. The largest absolute Gasteiger partial charge is 0.489 e. The molecule has 1 atom stereocenters. The van der Waals surface area contributed by atoms with Crippen LogP contribution in [0.25, 0.3) is 10.9 Å². The van der Waals surface area contributed by atoms with Gasteiger partial charge in [-0.05, 0) is 60.4 Å². The van der Waals surface area contributed by atoms with E-state index in [1.807, 2.05) is 85.8 Å². The van der Waals surface area contributed by atoms with Crippen LogP contribution in [-0.2, 0) is 24.4 Å². The summed E-state index contributed by atoms with van der Waals surface area (Å²) in [4.78, 5) is 16.2. The molecule has 3 aromatic carbocycles. The Kier molecular flexibility index (Phi) is 7.76. The average Bonchev–Trinajstić information content (AvgIpc) is 2.87. The van der Waals surface area contributed by atoms with Crippen molar-refractivity contribution >= 4 is 16.9 Å². The number of carboxylic acid groups (broad SMARTS) is 1. The van der Waals surface area contributed by atoms with Gasteiger partial charge in [0.2, 0.25) is 0 Å². The van der Waals surface area contributed by atoms with Crippen LogP contribution in [0.3, 0.4) is 0 Å². The van der Waals surface area contributed by atoms with E-state index in [0.717, 1.165) is 45.6 Å². The molecular formula is C29H29NO4. The molecule has 0 saturated heterocycles. The molecule has 1 aromatic heterocycles. The van der Waals surface area contributed by atoms with Gasteiger partial charge in [-0.2, -0.15) is 0 Å². The van der Waals surface area contributed by atoms with Gasteiger partial charge in [-0.1, -0.05) is 61.9 Å². The Bertz CT molecular complexity index is 1240. The van der Waals surface area contributed by atoms with Crippen LogP contribution in [0, 0.1) is 5.92 Å². The number of hydrogen-bond donors (Lipinski definition) is 1. The normalized spacial score (nSPS) is 11.8. The number of benzene rings is 3. The van der Waals surface area contributed by atoms with Crippen molar-refractivity contribution in [3.63, 3.8) is 0 Å².